The SMILES string of the molecule is Cc1ccccc1C(=O)O[C@@H](C)C(=O)Nc1cccc([N+](=O)[O-])c1. The number of benzene rings is 2. The highest BCUT2D eigenvalue weighted by atomic mass is 16.6. The number of rotatable bonds is 5. The maximum atomic E-state index is 12.1. The molecule has 0 unspecified atom stereocenters. The summed E-state index contributed by atoms with van der Waals surface area (Å²) in [7, 11) is 0. The molecule has 0 aliphatic carbocycles. The lowest BCUT2D eigenvalue weighted by Crippen LogP contribution is -2.30. The summed E-state index contributed by atoms with van der Waals surface area (Å²) in [4.78, 5) is 34.3. The number of ether oxygens (including phenoxy) is 1. The van der Waals surface area contributed by atoms with E-state index in [1.54, 1.807) is 31.2 Å². The third-order valence-corrected chi connectivity index (χ3v) is 3.34. The number of nitrogens with zero attached hydrogens (tertiary/aromatic N) is 1. The standard InChI is InChI=1S/C17H16N2O5/c1-11-6-3-4-9-15(11)17(21)24-12(2)16(20)18-13-7-5-8-14(10-13)19(22)23/h3-10,12H,1-2H3,(H,18,20)/t12-/m0/s1. The summed E-state index contributed by atoms with van der Waals surface area (Å²) in [5, 5.41) is 13.2. The zero-order chi connectivity index (χ0) is 17.7. The highest BCUT2D eigenvalue weighted by molar-refractivity contribution is 5.97. The van der Waals surface area contributed by atoms with Crippen molar-refractivity contribution in [1.82, 2.24) is 0 Å². The Labute approximate surface area is 138 Å². The minimum atomic E-state index is -1.05. The quantitative estimate of drug-likeness (QED) is 0.516. The predicted octanol–water partition coefficient (Wildman–Crippen LogP) is 3.09. The number of nitrogens with one attached hydrogen (secondary N) is 1. The molecule has 0 saturated heterocycles. The van der Waals surface area contributed by atoms with Crippen LogP contribution < -0.4 is 5.32 Å². The molecule has 0 aromatic heterocycles. The molecule has 0 bridgehead atoms. The first-order valence-corrected chi connectivity index (χ1v) is 7.20. The zero-order valence-corrected chi connectivity index (χ0v) is 13.2. The second-order valence-electron chi connectivity index (χ2n) is 5.16. The first kappa shape index (κ1) is 17.1. The van der Waals surface area contributed by atoms with Gasteiger partial charge in [-0.3, -0.25) is 14.9 Å². The van der Waals surface area contributed by atoms with E-state index in [-0.39, 0.29) is 11.4 Å². The zero-order valence-electron chi connectivity index (χ0n) is 13.2. The van der Waals surface area contributed by atoms with Crippen molar-refractivity contribution in [2.45, 2.75) is 20.0 Å². The molecule has 0 spiro atoms. The molecule has 2 aromatic rings. The molecule has 0 fully saturated rings. The highest BCUT2D eigenvalue weighted by Gasteiger charge is 2.20. The Hall–Kier alpha value is -3.22. The van der Waals surface area contributed by atoms with Crippen molar-refractivity contribution in [3.8, 4) is 0 Å². The summed E-state index contributed by atoms with van der Waals surface area (Å²) in [5.41, 5.74) is 1.24. The minimum absolute atomic E-state index is 0.141. The van der Waals surface area contributed by atoms with Gasteiger partial charge in [0.2, 0.25) is 0 Å². The minimum Gasteiger partial charge on any atom is -0.449 e. The molecule has 0 heterocycles. The Morgan fingerprint density at radius 3 is 2.54 bits per heavy atom. The number of hydrogen-bond acceptors (Lipinski definition) is 5. The number of hydrogen-bond donors (Lipinski definition) is 1. The van der Waals surface area contributed by atoms with Gasteiger partial charge in [0.25, 0.3) is 11.6 Å². The molecule has 7 heteroatoms. The molecule has 0 radical (unpaired) electrons. The van der Waals surface area contributed by atoms with Crippen LogP contribution in [0.2, 0.25) is 0 Å². The van der Waals surface area contributed by atoms with Crippen LogP contribution in [0.3, 0.4) is 0 Å². The molecule has 2 rings (SSSR count). The van der Waals surface area contributed by atoms with Gasteiger partial charge in [0.15, 0.2) is 6.10 Å². The summed E-state index contributed by atoms with van der Waals surface area (Å²) < 4.78 is 5.14. The van der Waals surface area contributed by atoms with Gasteiger partial charge in [-0.05, 0) is 31.5 Å². The summed E-state index contributed by atoms with van der Waals surface area (Å²) in [6.07, 6.45) is -1.05. The molecule has 1 N–H and O–H groups in total. The van der Waals surface area contributed by atoms with Gasteiger partial charge >= 0.3 is 5.97 Å². The maximum Gasteiger partial charge on any atom is 0.339 e. The summed E-state index contributed by atoms with van der Waals surface area (Å²) >= 11 is 0. The number of carbonyl (C=O) groups excluding carboxylic acids is 2. The number of nitro groups is 1. The number of anilines is 1. The van der Waals surface area contributed by atoms with Crippen molar-refractivity contribution < 1.29 is 19.2 Å². The lowest BCUT2D eigenvalue weighted by atomic mass is 10.1. The van der Waals surface area contributed by atoms with E-state index in [2.05, 4.69) is 5.32 Å². The summed E-state index contributed by atoms with van der Waals surface area (Å²) in [6, 6.07) is 12.4. The van der Waals surface area contributed by atoms with E-state index >= 15 is 0 Å². The van der Waals surface area contributed by atoms with Crippen molar-refractivity contribution in [2.75, 3.05) is 5.32 Å². The molecule has 1 amide bonds. The Kier molecular flexibility index (Phi) is 5.26. The fraction of sp³-hybridized carbons (Fsp3) is 0.176. The van der Waals surface area contributed by atoms with E-state index in [0.29, 0.717) is 5.56 Å². The van der Waals surface area contributed by atoms with Gasteiger partial charge in [-0.25, -0.2) is 4.79 Å². The molecular weight excluding hydrogens is 312 g/mol. The van der Waals surface area contributed by atoms with E-state index in [0.717, 1.165) is 5.56 Å². The van der Waals surface area contributed by atoms with Crippen LogP contribution in [-0.4, -0.2) is 22.9 Å². The number of amides is 1. The van der Waals surface area contributed by atoms with Crippen molar-refractivity contribution >= 4 is 23.3 Å². The van der Waals surface area contributed by atoms with Gasteiger partial charge in [-0.2, -0.15) is 0 Å². The van der Waals surface area contributed by atoms with Crippen LogP contribution in [0.25, 0.3) is 0 Å². The molecule has 24 heavy (non-hydrogen) atoms. The van der Waals surface area contributed by atoms with Crippen LogP contribution in [0.4, 0.5) is 11.4 Å². The Bertz CT molecular complexity index is 788. The van der Waals surface area contributed by atoms with Crippen molar-refractivity contribution in [2.24, 2.45) is 0 Å². The van der Waals surface area contributed by atoms with E-state index in [4.69, 9.17) is 4.74 Å². The van der Waals surface area contributed by atoms with E-state index in [1.807, 2.05) is 0 Å². The van der Waals surface area contributed by atoms with Crippen LogP contribution in [-0.2, 0) is 9.53 Å². The first-order valence-electron chi connectivity index (χ1n) is 7.20. The van der Waals surface area contributed by atoms with E-state index < -0.39 is 22.9 Å². The summed E-state index contributed by atoms with van der Waals surface area (Å²) in [6.45, 7) is 3.20. The van der Waals surface area contributed by atoms with Gasteiger partial charge in [-0.1, -0.05) is 24.3 Å². The maximum absolute atomic E-state index is 12.1. The third kappa shape index (κ3) is 4.16. The number of carbonyl (C=O) groups is 2. The predicted molar refractivity (Wildman–Crippen MR) is 87.8 cm³/mol. The summed E-state index contributed by atoms with van der Waals surface area (Å²) in [5.74, 6) is -1.17. The average molecular weight is 328 g/mol. The van der Waals surface area contributed by atoms with Gasteiger partial charge in [0.1, 0.15) is 0 Å². The smallest absolute Gasteiger partial charge is 0.339 e. The third-order valence-electron chi connectivity index (χ3n) is 3.34. The molecular formula is C17H16N2O5. The van der Waals surface area contributed by atoms with Crippen molar-refractivity contribution in [1.29, 1.82) is 0 Å². The second kappa shape index (κ2) is 7.36. The molecule has 2 aromatic carbocycles. The van der Waals surface area contributed by atoms with Gasteiger partial charge in [0, 0.05) is 17.8 Å². The largest absolute Gasteiger partial charge is 0.449 e. The topological polar surface area (TPSA) is 98.5 Å². The Morgan fingerprint density at radius 2 is 1.88 bits per heavy atom. The van der Waals surface area contributed by atoms with E-state index in [9.17, 15) is 19.7 Å². The monoisotopic (exact) mass is 328 g/mol. The number of esters is 1. The number of aryl methyl sites for hydroxylation is 1. The molecule has 0 aliphatic rings. The Morgan fingerprint density at radius 1 is 1.17 bits per heavy atom. The van der Waals surface area contributed by atoms with Crippen LogP contribution in [0, 0.1) is 17.0 Å². The molecule has 0 aliphatic heterocycles. The van der Waals surface area contributed by atoms with Crippen LogP contribution in [0.5, 0.6) is 0 Å². The lowest BCUT2D eigenvalue weighted by Gasteiger charge is -2.14. The normalized spacial score (nSPS) is 11.4. The molecule has 124 valence electrons. The Balaban J connectivity index is 2.02. The molecule has 0 saturated carbocycles. The highest BCUT2D eigenvalue weighted by Crippen LogP contribution is 2.17. The van der Waals surface area contributed by atoms with Crippen molar-refractivity contribution in [3.05, 3.63) is 69.8 Å². The fourth-order valence-corrected chi connectivity index (χ4v) is 2.02. The van der Waals surface area contributed by atoms with Crippen molar-refractivity contribution in [3.63, 3.8) is 0 Å². The number of nitro benzene ring substituents is 1. The van der Waals surface area contributed by atoms with Gasteiger partial charge in [0.05, 0.1) is 10.5 Å². The molecule has 7 nitrogen and oxygen atoms in total. The number of non-ortho nitro benzene ring substituents is 1. The van der Waals surface area contributed by atoms with Crippen LogP contribution >= 0.6 is 0 Å². The van der Waals surface area contributed by atoms with Crippen LogP contribution in [0.1, 0.15) is 22.8 Å². The van der Waals surface area contributed by atoms with Gasteiger partial charge < -0.3 is 10.1 Å². The van der Waals surface area contributed by atoms with Gasteiger partial charge in [-0.15, -0.1) is 0 Å². The second-order valence-corrected chi connectivity index (χ2v) is 5.16. The average Bonchev–Trinajstić information content (AvgIpc) is 2.55. The molecule has 1 atom stereocenters. The first-order chi connectivity index (χ1) is 11.4. The fourth-order valence-electron chi connectivity index (χ4n) is 2.02. The lowest BCUT2D eigenvalue weighted by molar-refractivity contribution is -0.384. The van der Waals surface area contributed by atoms with E-state index in [1.165, 1.54) is 31.2 Å². The van der Waals surface area contributed by atoms with Crippen LogP contribution in [0.15, 0.2) is 48.5 Å².